The van der Waals surface area contributed by atoms with Crippen molar-refractivity contribution in [2.45, 2.75) is 25.2 Å². The normalized spacial score (nSPS) is 12.9. The van der Waals surface area contributed by atoms with E-state index in [-0.39, 0.29) is 10.3 Å². The third-order valence-electron chi connectivity index (χ3n) is 2.30. The van der Waals surface area contributed by atoms with Crippen molar-refractivity contribution in [2.75, 3.05) is 11.9 Å². The highest BCUT2D eigenvalue weighted by Gasteiger charge is 2.22. The number of hydrogen-bond donors (Lipinski definition) is 2. The van der Waals surface area contributed by atoms with Gasteiger partial charge in [0.2, 0.25) is 10.0 Å². The van der Waals surface area contributed by atoms with Crippen molar-refractivity contribution in [1.82, 2.24) is 14.9 Å². The predicted molar refractivity (Wildman–Crippen MR) is 66.0 cm³/mol. The molecule has 0 bridgehead atoms. The van der Waals surface area contributed by atoms with E-state index in [2.05, 4.69) is 30.8 Å². The van der Waals surface area contributed by atoms with Crippen molar-refractivity contribution in [3.05, 3.63) is 12.4 Å². The number of sulfonamides is 1. The first-order valence-electron chi connectivity index (χ1n) is 4.92. The molecule has 0 unspecified atom stereocenters. The lowest BCUT2D eigenvalue weighted by Gasteiger charge is -2.23. The van der Waals surface area contributed by atoms with E-state index in [9.17, 15) is 8.42 Å². The Morgan fingerprint density at radius 2 is 2.25 bits per heavy atom. The van der Waals surface area contributed by atoms with Crippen LogP contribution in [-0.2, 0) is 10.0 Å². The smallest absolute Gasteiger partial charge is 0.243 e. The van der Waals surface area contributed by atoms with Crippen molar-refractivity contribution in [3.8, 4) is 0 Å². The highest BCUT2D eigenvalue weighted by molar-refractivity contribution is 9.09. The summed E-state index contributed by atoms with van der Waals surface area (Å²) in [4.78, 5) is 0.169. The molecule has 0 fully saturated rings. The molecule has 0 aliphatic carbocycles. The van der Waals surface area contributed by atoms with E-state index >= 15 is 0 Å². The van der Waals surface area contributed by atoms with E-state index in [0.717, 1.165) is 11.8 Å². The van der Waals surface area contributed by atoms with Crippen LogP contribution in [0.1, 0.15) is 20.3 Å². The highest BCUT2D eigenvalue weighted by atomic mass is 79.9. The first-order valence-corrected chi connectivity index (χ1v) is 7.52. The largest absolute Gasteiger partial charge is 0.284 e. The molecule has 1 aromatic rings. The summed E-state index contributed by atoms with van der Waals surface area (Å²) >= 11 is 3.35. The first kappa shape index (κ1) is 13.7. The molecule has 1 aromatic heterocycles. The van der Waals surface area contributed by atoms with Gasteiger partial charge in [-0.05, 0) is 11.8 Å². The van der Waals surface area contributed by atoms with Crippen molar-refractivity contribution in [1.29, 1.82) is 0 Å². The van der Waals surface area contributed by atoms with E-state index in [1.807, 2.05) is 13.8 Å². The van der Waals surface area contributed by atoms with Gasteiger partial charge in [0.15, 0.2) is 0 Å². The Kier molecular flexibility index (Phi) is 4.52. The number of nitrogens with one attached hydrogen (secondary N) is 2. The van der Waals surface area contributed by atoms with Gasteiger partial charge in [0, 0.05) is 18.1 Å². The average Bonchev–Trinajstić information content (AvgIpc) is 2.68. The SMILES string of the molecule is CC(C)(CCBr)CNS(=O)(=O)c1cn[nH]c1. The minimum Gasteiger partial charge on any atom is -0.284 e. The fraction of sp³-hybridized carbons (Fsp3) is 0.667. The molecular weight excluding hydrogens is 294 g/mol. The minimum absolute atomic E-state index is 0.0691. The van der Waals surface area contributed by atoms with Crippen molar-refractivity contribution in [2.24, 2.45) is 5.41 Å². The number of aromatic nitrogens is 2. The van der Waals surface area contributed by atoms with Gasteiger partial charge in [-0.25, -0.2) is 13.1 Å². The Morgan fingerprint density at radius 3 is 2.75 bits per heavy atom. The maximum atomic E-state index is 11.8. The van der Waals surface area contributed by atoms with E-state index < -0.39 is 10.0 Å². The topological polar surface area (TPSA) is 74.8 Å². The van der Waals surface area contributed by atoms with Gasteiger partial charge in [0.05, 0.1) is 6.20 Å². The third-order valence-corrected chi connectivity index (χ3v) is 4.06. The maximum absolute atomic E-state index is 11.8. The van der Waals surface area contributed by atoms with Gasteiger partial charge >= 0.3 is 0 Å². The van der Waals surface area contributed by atoms with Gasteiger partial charge in [-0.3, -0.25) is 5.10 Å². The first-order chi connectivity index (χ1) is 7.37. The molecule has 0 atom stereocenters. The summed E-state index contributed by atoms with van der Waals surface area (Å²) in [5.41, 5.74) is -0.0691. The number of halogens is 1. The van der Waals surface area contributed by atoms with Crippen LogP contribution in [0.3, 0.4) is 0 Å². The Bertz CT molecular complexity index is 414. The molecule has 0 saturated heterocycles. The lowest BCUT2D eigenvalue weighted by atomic mass is 9.91. The summed E-state index contributed by atoms with van der Waals surface area (Å²) in [6.45, 7) is 4.45. The fourth-order valence-corrected chi connectivity index (χ4v) is 3.32. The summed E-state index contributed by atoms with van der Waals surface area (Å²) in [6.07, 6.45) is 3.56. The second-order valence-electron chi connectivity index (χ2n) is 4.36. The van der Waals surface area contributed by atoms with Crippen molar-refractivity contribution in [3.63, 3.8) is 0 Å². The zero-order valence-electron chi connectivity index (χ0n) is 9.33. The molecule has 1 rings (SSSR count). The van der Waals surface area contributed by atoms with E-state index in [4.69, 9.17) is 0 Å². The lowest BCUT2D eigenvalue weighted by Crippen LogP contribution is -2.34. The Hall–Kier alpha value is -0.400. The zero-order valence-corrected chi connectivity index (χ0v) is 11.7. The zero-order chi connectivity index (χ0) is 12.2. The number of aromatic amines is 1. The van der Waals surface area contributed by atoms with Gasteiger partial charge in [-0.15, -0.1) is 0 Å². The van der Waals surface area contributed by atoms with Crippen LogP contribution < -0.4 is 4.72 Å². The van der Waals surface area contributed by atoms with Crippen molar-refractivity contribution >= 4 is 26.0 Å². The van der Waals surface area contributed by atoms with Gasteiger partial charge in [-0.1, -0.05) is 29.8 Å². The van der Waals surface area contributed by atoms with Crippen LogP contribution in [0.4, 0.5) is 0 Å². The number of H-pyrrole nitrogens is 1. The standard InChI is InChI=1S/C9H16BrN3O2S/c1-9(2,3-4-10)7-13-16(14,15)8-5-11-12-6-8/h5-6,13H,3-4,7H2,1-2H3,(H,11,12). The molecule has 0 spiro atoms. The number of hydrogen-bond acceptors (Lipinski definition) is 3. The average molecular weight is 310 g/mol. The van der Waals surface area contributed by atoms with Crippen LogP contribution in [0.5, 0.6) is 0 Å². The number of alkyl halides is 1. The van der Waals surface area contributed by atoms with Crippen LogP contribution >= 0.6 is 15.9 Å². The molecular formula is C9H16BrN3O2S. The van der Waals surface area contributed by atoms with Crippen molar-refractivity contribution < 1.29 is 8.42 Å². The van der Waals surface area contributed by atoms with Gasteiger partial charge < -0.3 is 0 Å². The van der Waals surface area contributed by atoms with Crippen LogP contribution in [0, 0.1) is 5.41 Å². The molecule has 0 aliphatic heterocycles. The van der Waals surface area contributed by atoms with E-state index in [1.165, 1.54) is 12.4 Å². The summed E-state index contributed by atoms with van der Waals surface area (Å²) in [5, 5.41) is 6.95. The maximum Gasteiger partial charge on any atom is 0.243 e. The predicted octanol–water partition coefficient (Wildman–Crippen LogP) is 1.50. The monoisotopic (exact) mass is 309 g/mol. The van der Waals surface area contributed by atoms with E-state index in [0.29, 0.717) is 6.54 Å². The van der Waals surface area contributed by atoms with E-state index in [1.54, 1.807) is 0 Å². The van der Waals surface area contributed by atoms with Gasteiger partial charge in [-0.2, -0.15) is 5.10 Å². The summed E-state index contributed by atoms with van der Waals surface area (Å²) < 4.78 is 26.1. The molecule has 7 heteroatoms. The van der Waals surface area contributed by atoms with Crippen LogP contribution in [0.2, 0.25) is 0 Å². The highest BCUT2D eigenvalue weighted by Crippen LogP contribution is 2.20. The second kappa shape index (κ2) is 5.29. The molecule has 0 aromatic carbocycles. The molecule has 1 heterocycles. The van der Waals surface area contributed by atoms with Crippen LogP contribution in [0.15, 0.2) is 17.3 Å². The molecule has 0 radical (unpaired) electrons. The van der Waals surface area contributed by atoms with Crippen LogP contribution in [0.25, 0.3) is 0 Å². The molecule has 0 aliphatic rings. The lowest BCUT2D eigenvalue weighted by molar-refractivity contribution is 0.354. The van der Waals surface area contributed by atoms with Gasteiger partial charge in [0.25, 0.3) is 0 Å². The quantitative estimate of drug-likeness (QED) is 0.782. The fourth-order valence-electron chi connectivity index (χ4n) is 1.10. The van der Waals surface area contributed by atoms with Crippen LogP contribution in [-0.4, -0.2) is 30.5 Å². The van der Waals surface area contributed by atoms with Gasteiger partial charge in [0.1, 0.15) is 4.90 Å². The molecule has 0 saturated carbocycles. The number of rotatable bonds is 6. The summed E-state index contributed by atoms with van der Waals surface area (Å²) in [7, 11) is -3.43. The number of nitrogens with zero attached hydrogens (tertiary/aromatic N) is 1. The minimum atomic E-state index is -3.43. The molecule has 2 N–H and O–H groups in total. The molecule has 0 amide bonds. The Balaban J connectivity index is 2.62. The Morgan fingerprint density at radius 1 is 1.56 bits per heavy atom. The molecule has 16 heavy (non-hydrogen) atoms. The molecule has 92 valence electrons. The third kappa shape index (κ3) is 3.88. The molecule has 5 nitrogen and oxygen atoms in total. The Labute approximate surface area is 104 Å². The summed E-state index contributed by atoms with van der Waals surface area (Å²) in [5.74, 6) is 0. The second-order valence-corrected chi connectivity index (χ2v) is 6.92. The summed E-state index contributed by atoms with van der Waals surface area (Å²) in [6, 6.07) is 0.